The monoisotopic (exact) mass is 1180 g/mol. The number of halogens is 1. The summed E-state index contributed by atoms with van der Waals surface area (Å²) in [4.78, 5) is 129. The zero-order valence-corrected chi connectivity index (χ0v) is 49.7. The van der Waals surface area contributed by atoms with Crippen molar-refractivity contribution in [3.8, 4) is 11.3 Å². The van der Waals surface area contributed by atoms with Crippen LogP contribution < -0.4 is 25.8 Å². The van der Waals surface area contributed by atoms with Crippen LogP contribution in [-0.4, -0.2) is 158 Å². The molecule has 4 saturated heterocycles. The fourth-order valence-corrected chi connectivity index (χ4v) is 14.2. The average molecular weight is 1180 g/mol. The topological polar surface area (TPSA) is 223 Å². The summed E-state index contributed by atoms with van der Waals surface area (Å²) in [6, 6.07) is 21.9. The minimum absolute atomic E-state index is 0.00470. The van der Waals surface area contributed by atoms with E-state index in [-0.39, 0.29) is 71.4 Å². The van der Waals surface area contributed by atoms with Gasteiger partial charge in [0.2, 0.25) is 17.7 Å². The molecule has 1 atom stereocenters. The van der Waals surface area contributed by atoms with E-state index in [0.717, 1.165) is 47.6 Å². The second-order valence-electron chi connectivity index (χ2n) is 25.1. The maximum Gasteiger partial charge on any atom is 0.262 e. The molecule has 8 amide bonds. The van der Waals surface area contributed by atoms with Crippen LogP contribution in [0.2, 0.25) is 0 Å². The zero-order chi connectivity index (χ0) is 60.7. The number of nitrogens with one attached hydrogen (secondary N) is 3. The summed E-state index contributed by atoms with van der Waals surface area (Å²) in [5.74, 6) is -3.04. The van der Waals surface area contributed by atoms with Crippen molar-refractivity contribution in [1.82, 2.24) is 44.8 Å². The number of likely N-dealkylation sites (tertiary alicyclic amines) is 2. The fraction of sp³-hybridized carbons (Fsp3) is 0.424. The lowest BCUT2D eigenvalue weighted by atomic mass is 9.73. The molecule has 6 aromatic rings. The molecule has 1 unspecified atom stereocenters. The second-order valence-corrected chi connectivity index (χ2v) is 25.1. The highest BCUT2D eigenvalue weighted by atomic mass is 19.1. The first-order valence-electron chi connectivity index (χ1n) is 30.6. The van der Waals surface area contributed by atoms with Crippen molar-refractivity contribution < 1.29 is 42.7 Å². The third kappa shape index (κ3) is 10.2. The lowest BCUT2D eigenvalue weighted by Gasteiger charge is -2.48. The number of aromatic nitrogens is 3. The van der Waals surface area contributed by atoms with E-state index in [0.29, 0.717) is 109 Å². The molecule has 5 fully saturated rings. The standard InChI is InChI=1S/C66H71FN12O8/c1-37(2)69-59(81)47-34-52(50(67)29-39(47)5)71-58-57-53(68-36-77(57)38(3)4)35-51(70-58)42-13-16-49-55(30-42)78(45-31-44(32-45)73-21-7-6-8-22-73)65(87)66(49)19-23-75(24-20-66)61(83)40-9-11-41(12-10-40)62(84)76-27-25-74(26-28-76)43-14-15-46-48(33-43)64(86)79(63(46)85)54-17-18-56(80)72-60(54)82/h9-16,29-30,33-38,44-45,54H,6-8,17-28,31-32H2,1-5H3,(H,69,81)(H,70,71)(H,72,80,82). The van der Waals surface area contributed by atoms with Crippen LogP contribution in [0.5, 0.6) is 0 Å². The largest absolute Gasteiger partial charge is 0.368 e. The minimum atomic E-state index is -1.06. The molecule has 13 rings (SSSR count). The van der Waals surface area contributed by atoms with E-state index in [2.05, 4.69) is 33.0 Å². The predicted octanol–water partition coefficient (Wildman–Crippen LogP) is 7.91. The van der Waals surface area contributed by atoms with Crippen LogP contribution in [0.1, 0.15) is 154 Å². The third-order valence-corrected chi connectivity index (χ3v) is 19.0. The number of nitrogens with zero attached hydrogens (tertiary/aromatic N) is 9. The number of aryl methyl sites for hydroxylation is 1. The fourth-order valence-electron chi connectivity index (χ4n) is 14.2. The maximum absolute atomic E-state index is 16.0. The Kier molecular flexibility index (Phi) is 14.8. The number of imidazole rings is 1. The molecule has 87 heavy (non-hydrogen) atoms. The van der Waals surface area contributed by atoms with Crippen molar-refractivity contribution in [3.05, 3.63) is 130 Å². The van der Waals surface area contributed by atoms with Gasteiger partial charge in [0.05, 0.1) is 39.8 Å². The quantitative estimate of drug-likeness (QED) is 0.0993. The summed E-state index contributed by atoms with van der Waals surface area (Å²) in [6.45, 7) is 14.0. The van der Waals surface area contributed by atoms with Crippen molar-refractivity contribution in [2.75, 3.05) is 67.5 Å². The SMILES string of the molecule is Cc1cc(F)c(Nc2nc(-c3ccc4c(c3)N(C3CC(N5CCCCC5)C3)C(=O)C43CCN(C(=O)c4ccc(C(=O)N5CCN(c6ccc7c(c6)C(=O)N(C6CCC(=O)NC6=O)C7=O)CC5)cc4)CC3)cc3ncn(C(C)C)c23)cc1C(=O)NC(C)C. The lowest BCUT2D eigenvalue weighted by Crippen LogP contribution is -2.58. The van der Waals surface area contributed by atoms with E-state index < -0.39 is 40.9 Å². The van der Waals surface area contributed by atoms with Gasteiger partial charge in [0.1, 0.15) is 17.4 Å². The molecule has 2 aromatic heterocycles. The van der Waals surface area contributed by atoms with Crippen molar-refractivity contribution in [2.24, 2.45) is 0 Å². The Morgan fingerprint density at radius 3 is 2.07 bits per heavy atom. The van der Waals surface area contributed by atoms with Crippen LogP contribution in [-0.2, 0) is 19.8 Å². The number of piperidine rings is 3. The van der Waals surface area contributed by atoms with Crippen molar-refractivity contribution in [2.45, 2.75) is 128 Å². The molecular formula is C66H71FN12O8. The van der Waals surface area contributed by atoms with E-state index in [4.69, 9.17) is 9.97 Å². The van der Waals surface area contributed by atoms with E-state index >= 15 is 9.18 Å². The van der Waals surface area contributed by atoms with Crippen LogP contribution in [0.3, 0.4) is 0 Å². The minimum Gasteiger partial charge on any atom is -0.368 e. The van der Waals surface area contributed by atoms with Crippen LogP contribution in [0.4, 0.5) is 27.3 Å². The van der Waals surface area contributed by atoms with Crippen molar-refractivity contribution in [1.29, 1.82) is 0 Å². The Bertz CT molecular complexity index is 3850. The molecule has 0 radical (unpaired) electrons. The lowest BCUT2D eigenvalue weighted by molar-refractivity contribution is -0.136. The van der Waals surface area contributed by atoms with Gasteiger partial charge < -0.3 is 39.7 Å². The summed E-state index contributed by atoms with van der Waals surface area (Å²) >= 11 is 0. The van der Waals surface area contributed by atoms with Gasteiger partial charge in [0.25, 0.3) is 29.5 Å². The summed E-state index contributed by atoms with van der Waals surface area (Å²) in [6.07, 6.45) is 8.04. The molecule has 20 nitrogen and oxygen atoms in total. The van der Waals surface area contributed by atoms with E-state index in [9.17, 15) is 33.6 Å². The third-order valence-electron chi connectivity index (χ3n) is 19.0. The summed E-state index contributed by atoms with van der Waals surface area (Å²) in [7, 11) is 0. The number of pyridine rings is 1. The molecule has 8 heterocycles. The molecular weight excluding hydrogens is 1110 g/mol. The van der Waals surface area contributed by atoms with Crippen LogP contribution in [0.25, 0.3) is 22.3 Å². The van der Waals surface area contributed by atoms with Gasteiger partial charge in [-0.05, 0) is 171 Å². The first-order valence-corrected chi connectivity index (χ1v) is 30.6. The Morgan fingerprint density at radius 2 is 1.40 bits per heavy atom. The molecule has 1 aliphatic carbocycles. The van der Waals surface area contributed by atoms with Gasteiger partial charge in [0.15, 0.2) is 5.82 Å². The normalized spacial score (nSPS) is 21.3. The molecule has 450 valence electrons. The predicted molar refractivity (Wildman–Crippen MR) is 325 cm³/mol. The highest BCUT2D eigenvalue weighted by Crippen LogP contribution is 2.52. The number of fused-ring (bicyclic) bond motifs is 4. The molecule has 3 N–H and O–H groups in total. The van der Waals surface area contributed by atoms with Gasteiger partial charge in [-0.25, -0.2) is 14.4 Å². The Morgan fingerprint density at radius 1 is 0.724 bits per heavy atom. The number of rotatable bonds is 12. The summed E-state index contributed by atoms with van der Waals surface area (Å²) < 4.78 is 17.9. The molecule has 6 aliphatic heterocycles. The van der Waals surface area contributed by atoms with Crippen molar-refractivity contribution >= 4 is 81.2 Å². The second kappa shape index (κ2) is 22.5. The Labute approximate surface area is 503 Å². The Hall–Kier alpha value is -8.85. The molecule has 7 aliphatic rings. The number of carbonyl (C=O) groups excluding carboxylic acids is 8. The summed E-state index contributed by atoms with van der Waals surface area (Å²) in [5.41, 5.74) is 6.48. The summed E-state index contributed by atoms with van der Waals surface area (Å²) in [5, 5.41) is 8.40. The van der Waals surface area contributed by atoms with Gasteiger partial charge in [-0.2, -0.15) is 0 Å². The molecule has 21 heteroatoms. The number of anilines is 4. The number of hydrogen-bond donors (Lipinski definition) is 3. The van der Waals surface area contributed by atoms with Gasteiger partial charge in [-0.15, -0.1) is 0 Å². The zero-order valence-electron chi connectivity index (χ0n) is 49.7. The highest BCUT2D eigenvalue weighted by molar-refractivity contribution is 6.24. The number of amides is 8. The van der Waals surface area contributed by atoms with Gasteiger partial charge in [-0.1, -0.05) is 18.6 Å². The van der Waals surface area contributed by atoms with E-state index in [1.807, 2.05) is 54.2 Å². The van der Waals surface area contributed by atoms with Gasteiger partial charge >= 0.3 is 0 Å². The number of imide groups is 2. The van der Waals surface area contributed by atoms with E-state index in [1.165, 1.54) is 31.4 Å². The van der Waals surface area contributed by atoms with Crippen LogP contribution in [0.15, 0.2) is 85.2 Å². The van der Waals surface area contributed by atoms with E-state index in [1.54, 1.807) is 65.5 Å². The molecule has 0 bridgehead atoms. The smallest absolute Gasteiger partial charge is 0.262 e. The van der Waals surface area contributed by atoms with Gasteiger partial charge in [0, 0.05) is 103 Å². The molecule has 4 aromatic carbocycles. The number of benzene rings is 4. The number of carbonyl (C=O) groups is 8. The highest BCUT2D eigenvalue weighted by Gasteiger charge is 2.56. The number of piperazine rings is 1. The Balaban J connectivity index is 0.708. The van der Waals surface area contributed by atoms with Crippen molar-refractivity contribution in [3.63, 3.8) is 0 Å². The van der Waals surface area contributed by atoms with Crippen LogP contribution >= 0.6 is 0 Å². The molecule has 1 saturated carbocycles. The first kappa shape index (κ1) is 57.2. The average Bonchev–Trinajstić information content (AvgIpc) is 1.58. The maximum atomic E-state index is 16.0. The van der Waals surface area contributed by atoms with Gasteiger partial charge in [-0.3, -0.25) is 48.6 Å². The van der Waals surface area contributed by atoms with Crippen LogP contribution in [0, 0.1) is 12.7 Å². The number of hydrogen-bond acceptors (Lipinski definition) is 13. The molecule has 1 spiro atoms. The first-order chi connectivity index (χ1) is 41.8.